The van der Waals surface area contributed by atoms with Gasteiger partial charge in [-0.3, -0.25) is 4.55 Å². The van der Waals surface area contributed by atoms with Crippen LogP contribution in [0.1, 0.15) is 5.56 Å². The first-order valence-electron chi connectivity index (χ1n) is 3.98. The van der Waals surface area contributed by atoms with Gasteiger partial charge in [-0.2, -0.15) is 0 Å². The van der Waals surface area contributed by atoms with E-state index in [-0.39, 0.29) is 0 Å². The van der Waals surface area contributed by atoms with Gasteiger partial charge in [-0.25, -0.2) is 8.42 Å². The molecular formula is C8H10N2O5S. The first kappa shape index (κ1) is 14.5. The van der Waals surface area contributed by atoms with Crippen molar-refractivity contribution in [1.82, 2.24) is 0 Å². The fourth-order valence-corrected chi connectivity index (χ4v) is 0.826. The van der Waals surface area contributed by atoms with Crippen LogP contribution in [0, 0.1) is 5.39 Å². The van der Waals surface area contributed by atoms with Gasteiger partial charge in [-0.15, -0.1) is 0 Å². The van der Waals surface area contributed by atoms with Crippen LogP contribution in [-0.4, -0.2) is 24.6 Å². The van der Waals surface area contributed by atoms with Crippen LogP contribution in [0.25, 0.3) is 4.98 Å². The van der Waals surface area contributed by atoms with E-state index in [1.165, 1.54) is 0 Å². The van der Waals surface area contributed by atoms with E-state index >= 15 is 0 Å². The molecule has 0 atom stereocenters. The van der Waals surface area contributed by atoms with Gasteiger partial charge in [0.05, 0.1) is 6.61 Å². The fourth-order valence-electron chi connectivity index (χ4n) is 0.826. The van der Waals surface area contributed by atoms with Crippen molar-refractivity contribution in [2.24, 2.45) is 0 Å². The molecular weight excluding hydrogens is 236 g/mol. The summed E-state index contributed by atoms with van der Waals surface area (Å²) >= 11 is 0. The van der Waals surface area contributed by atoms with E-state index in [0.717, 1.165) is 5.56 Å². The van der Waals surface area contributed by atoms with Crippen molar-refractivity contribution in [3.63, 3.8) is 0 Å². The lowest BCUT2D eigenvalue weighted by Gasteiger charge is -1.94. The molecule has 0 aliphatic carbocycles. The van der Waals surface area contributed by atoms with E-state index in [9.17, 15) is 0 Å². The van der Waals surface area contributed by atoms with Gasteiger partial charge in [0.25, 0.3) is 0 Å². The molecule has 88 valence electrons. The largest absolute Gasteiger partial charge is 0.726 e. The van der Waals surface area contributed by atoms with Crippen molar-refractivity contribution >= 4 is 16.1 Å². The molecule has 0 radical (unpaired) electrons. The van der Waals surface area contributed by atoms with Gasteiger partial charge in [-0.1, -0.05) is 0 Å². The zero-order chi connectivity index (χ0) is 12.6. The molecule has 0 saturated heterocycles. The molecule has 0 aliphatic heterocycles. The minimum absolute atomic E-state index is 0.560. The number of hydrogen-bond acceptors (Lipinski definition) is 5. The van der Waals surface area contributed by atoms with Crippen LogP contribution in [0.15, 0.2) is 24.3 Å². The second-order valence-corrected chi connectivity index (χ2v) is 3.48. The number of methoxy groups -OCH3 is 1. The minimum atomic E-state index is -4.92. The second kappa shape index (κ2) is 6.86. The Hall–Kier alpha value is -1.53. The number of diazo groups is 1. The monoisotopic (exact) mass is 246 g/mol. The predicted molar refractivity (Wildman–Crippen MR) is 54.2 cm³/mol. The Morgan fingerprint density at radius 3 is 2.19 bits per heavy atom. The van der Waals surface area contributed by atoms with Gasteiger partial charge >= 0.3 is 5.69 Å². The van der Waals surface area contributed by atoms with Gasteiger partial charge in [-0.05, 0) is 17.7 Å². The third kappa shape index (κ3) is 9.04. The lowest BCUT2D eigenvalue weighted by atomic mass is 10.2. The summed E-state index contributed by atoms with van der Waals surface area (Å²) in [6, 6.07) is 7.18. The maximum atomic E-state index is 8.63. The summed E-state index contributed by atoms with van der Waals surface area (Å²) < 4.78 is 37.7. The van der Waals surface area contributed by atoms with Crippen molar-refractivity contribution in [3.05, 3.63) is 34.8 Å². The topological polar surface area (TPSA) is 115 Å². The van der Waals surface area contributed by atoms with E-state index in [1.807, 2.05) is 12.1 Å². The van der Waals surface area contributed by atoms with Gasteiger partial charge in [0, 0.05) is 19.2 Å². The molecule has 0 fully saturated rings. The zero-order valence-corrected chi connectivity index (χ0v) is 9.22. The van der Waals surface area contributed by atoms with Crippen LogP contribution in [0.4, 0.5) is 5.69 Å². The average Bonchev–Trinajstić information content (AvgIpc) is 2.17. The van der Waals surface area contributed by atoms with Crippen LogP contribution < -0.4 is 0 Å². The highest BCUT2D eigenvalue weighted by Gasteiger charge is 2.01. The van der Waals surface area contributed by atoms with Crippen LogP contribution >= 0.6 is 0 Å². The number of ether oxygens (including phenoxy) is 1. The molecule has 16 heavy (non-hydrogen) atoms. The first-order chi connectivity index (χ1) is 7.36. The molecule has 0 amide bonds. The number of rotatable bonds is 2. The van der Waals surface area contributed by atoms with Crippen LogP contribution in [0.2, 0.25) is 0 Å². The molecule has 1 N–H and O–H groups in total. The Kier molecular flexibility index (Phi) is 6.21. The van der Waals surface area contributed by atoms with E-state index < -0.39 is 10.4 Å². The molecule has 0 aliphatic rings. The molecule has 0 aromatic heterocycles. The Labute approximate surface area is 92.9 Å². The maximum Gasteiger partial charge on any atom is 0.385 e. The summed E-state index contributed by atoms with van der Waals surface area (Å²) in [4.78, 5) is 3.03. The molecule has 8 heteroatoms. The average molecular weight is 246 g/mol. The van der Waals surface area contributed by atoms with Crippen molar-refractivity contribution in [1.29, 1.82) is 5.39 Å². The third-order valence-electron chi connectivity index (χ3n) is 1.36. The Balaban J connectivity index is 0.000000385. The second-order valence-electron chi connectivity index (χ2n) is 2.63. The number of hydrogen-bond donors (Lipinski definition) is 1. The molecule has 0 unspecified atom stereocenters. The molecule has 0 saturated carbocycles. The molecule has 1 aromatic carbocycles. The van der Waals surface area contributed by atoms with Gasteiger partial charge in [0.1, 0.15) is 0 Å². The van der Waals surface area contributed by atoms with Crippen molar-refractivity contribution in [2.75, 3.05) is 7.11 Å². The minimum Gasteiger partial charge on any atom is -0.726 e. The highest BCUT2D eigenvalue weighted by Crippen LogP contribution is 2.12. The van der Waals surface area contributed by atoms with E-state index in [4.69, 9.17) is 27.7 Å². The molecule has 1 rings (SSSR count). The van der Waals surface area contributed by atoms with Crippen LogP contribution in [-0.2, 0) is 21.7 Å². The molecule has 0 spiro atoms. The van der Waals surface area contributed by atoms with Gasteiger partial charge in [0.15, 0.2) is 4.98 Å². The number of benzene rings is 1. The normalized spacial score (nSPS) is 9.88. The standard InChI is InChI=1S/C8H9N2O.H2O4S/c1-11-6-7-2-4-8(10-9)5-3-7;1-5(2,3)4/h2-5H,6H2,1H3;(H2,1,2,3,4)/q+1;/p-1. The summed E-state index contributed by atoms with van der Waals surface area (Å²) in [6.07, 6.45) is 0. The molecule has 1 aromatic rings. The quantitative estimate of drug-likeness (QED) is 0.478. The van der Waals surface area contributed by atoms with Gasteiger partial charge in [0.2, 0.25) is 15.8 Å². The predicted octanol–water partition coefficient (Wildman–Crippen LogP) is 1.32. The van der Waals surface area contributed by atoms with E-state index in [0.29, 0.717) is 12.3 Å². The number of nitrogens with zero attached hydrogens (tertiary/aromatic N) is 2. The summed E-state index contributed by atoms with van der Waals surface area (Å²) in [6.45, 7) is 0.589. The van der Waals surface area contributed by atoms with Crippen LogP contribution in [0.5, 0.6) is 0 Å². The molecule has 0 bridgehead atoms. The van der Waals surface area contributed by atoms with Crippen LogP contribution in [0.3, 0.4) is 0 Å². The zero-order valence-electron chi connectivity index (χ0n) is 8.40. The summed E-state index contributed by atoms with van der Waals surface area (Å²) in [5, 5.41) is 8.35. The van der Waals surface area contributed by atoms with Crippen molar-refractivity contribution in [2.45, 2.75) is 6.61 Å². The SMILES string of the molecule is COCc1ccc([N+]#N)cc1.O=S(=O)([O-])O. The lowest BCUT2D eigenvalue weighted by molar-refractivity contribution is 0.185. The first-order valence-corrected chi connectivity index (χ1v) is 5.34. The summed E-state index contributed by atoms with van der Waals surface area (Å²) in [5.74, 6) is 0. The summed E-state index contributed by atoms with van der Waals surface area (Å²) in [7, 11) is -3.27. The molecule has 7 nitrogen and oxygen atoms in total. The highest BCUT2D eigenvalue weighted by atomic mass is 32.3. The molecule has 0 heterocycles. The maximum absolute atomic E-state index is 8.63. The Bertz CT molecular complexity index is 440. The lowest BCUT2D eigenvalue weighted by Crippen LogP contribution is -1.90. The Morgan fingerprint density at radius 2 is 1.88 bits per heavy atom. The van der Waals surface area contributed by atoms with Crippen molar-refractivity contribution in [3.8, 4) is 0 Å². The Morgan fingerprint density at radius 1 is 1.44 bits per heavy atom. The van der Waals surface area contributed by atoms with Gasteiger partial charge < -0.3 is 9.29 Å². The third-order valence-corrected chi connectivity index (χ3v) is 1.36. The van der Waals surface area contributed by atoms with E-state index in [2.05, 4.69) is 4.98 Å². The van der Waals surface area contributed by atoms with E-state index in [1.54, 1.807) is 19.2 Å². The summed E-state index contributed by atoms with van der Waals surface area (Å²) in [5.41, 5.74) is 1.63. The fraction of sp³-hybridized carbons (Fsp3) is 0.250. The van der Waals surface area contributed by atoms with Crippen molar-refractivity contribution < 1.29 is 22.3 Å². The smallest absolute Gasteiger partial charge is 0.385 e. The highest BCUT2D eigenvalue weighted by molar-refractivity contribution is 7.79.